The Balaban J connectivity index is 3.29. The summed E-state index contributed by atoms with van der Waals surface area (Å²) in [6.07, 6.45) is 0. The van der Waals surface area contributed by atoms with Crippen LogP contribution in [-0.2, 0) is 0 Å². The third-order valence-corrected chi connectivity index (χ3v) is 2.42. The summed E-state index contributed by atoms with van der Waals surface area (Å²) in [6.45, 7) is 3.88. The number of aryl methyl sites for hydroxylation is 1. The first kappa shape index (κ1) is 10.7. The largest absolute Gasteiger partial charge is 0.478 e. The van der Waals surface area contributed by atoms with E-state index in [9.17, 15) is 4.79 Å². The zero-order valence-electron chi connectivity index (χ0n) is 8.66. The van der Waals surface area contributed by atoms with Crippen molar-refractivity contribution in [3.05, 3.63) is 34.9 Å². The van der Waals surface area contributed by atoms with Crippen LogP contribution in [-0.4, -0.2) is 18.1 Å². The lowest BCUT2D eigenvalue weighted by Crippen LogP contribution is -2.17. The maximum atomic E-state index is 11.0. The average Bonchev–Trinajstić information content (AvgIpc) is 2.16. The molecule has 2 N–H and O–H groups in total. The maximum Gasteiger partial charge on any atom is 0.336 e. The van der Waals surface area contributed by atoms with Gasteiger partial charge in [-0.2, -0.15) is 0 Å². The van der Waals surface area contributed by atoms with Gasteiger partial charge in [0.2, 0.25) is 0 Å². The van der Waals surface area contributed by atoms with Crippen molar-refractivity contribution in [1.29, 1.82) is 0 Å². The highest BCUT2D eigenvalue weighted by Crippen LogP contribution is 2.21. The Labute approximate surface area is 83.8 Å². The smallest absolute Gasteiger partial charge is 0.336 e. The second kappa shape index (κ2) is 4.24. The molecule has 0 unspecified atom stereocenters. The van der Waals surface area contributed by atoms with E-state index in [0.29, 0.717) is 5.56 Å². The van der Waals surface area contributed by atoms with E-state index in [1.165, 1.54) is 0 Å². The van der Waals surface area contributed by atoms with Crippen molar-refractivity contribution in [1.82, 2.24) is 5.32 Å². The van der Waals surface area contributed by atoms with Crippen LogP contribution in [0.4, 0.5) is 0 Å². The van der Waals surface area contributed by atoms with Gasteiger partial charge in [-0.25, -0.2) is 4.79 Å². The summed E-state index contributed by atoms with van der Waals surface area (Å²) in [6, 6.07) is 5.39. The number of hydrogen-bond donors (Lipinski definition) is 2. The van der Waals surface area contributed by atoms with Crippen molar-refractivity contribution in [2.75, 3.05) is 7.05 Å². The minimum Gasteiger partial charge on any atom is -0.478 e. The fourth-order valence-corrected chi connectivity index (χ4v) is 1.59. The molecule has 0 heterocycles. The third-order valence-electron chi connectivity index (χ3n) is 2.42. The lowest BCUT2D eigenvalue weighted by atomic mass is 9.96. The van der Waals surface area contributed by atoms with Crippen LogP contribution in [0.1, 0.15) is 34.5 Å². The Kier molecular flexibility index (Phi) is 3.25. The second-order valence-corrected chi connectivity index (χ2v) is 3.35. The topological polar surface area (TPSA) is 49.3 Å². The molecular weight excluding hydrogens is 178 g/mol. The van der Waals surface area contributed by atoms with E-state index in [2.05, 4.69) is 5.32 Å². The van der Waals surface area contributed by atoms with Crippen molar-refractivity contribution in [2.45, 2.75) is 19.9 Å². The van der Waals surface area contributed by atoms with Gasteiger partial charge in [0, 0.05) is 6.04 Å². The molecule has 0 aliphatic rings. The van der Waals surface area contributed by atoms with Crippen molar-refractivity contribution in [3.8, 4) is 0 Å². The van der Waals surface area contributed by atoms with Crippen LogP contribution < -0.4 is 5.32 Å². The van der Waals surface area contributed by atoms with Crippen molar-refractivity contribution < 1.29 is 9.90 Å². The normalized spacial score (nSPS) is 12.5. The number of carboxylic acids is 1. The van der Waals surface area contributed by atoms with E-state index in [1.807, 2.05) is 27.0 Å². The first-order valence-electron chi connectivity index (χ1n) is 4.58. The highest BCUT2D eigenvalue weighted by molar-refractivity contribution is 5.90. The SMILES string of the molecule is CN[C@@H](C)c1c(C)cccc1C(=O)O. The van der Waals surface area contributed by atoms with Crippen LogP contribution in [0, 0.1) is 6.92 Å². The lowest BCUT2D eigenvalue weighted by molar-refractivity contribution is 0.0695. The molecule has 76 valence electrons. The summed E-state index contributed by atoms with van der Waals surface area (Å²) in [5, 5.41) is 12.1. The van der Waals surface area contributed by atoms with Gasteiger partial charge in [0.05, 0.1) is 5.56 Å². The number of aromatic carboxylic acids is 1. The van der Waals surface area contributed by atoms with E-state index in [4.69, 9.17) is 5.11 Å². The van der Waals surface area contributed by atoms with Crippen molar-refractivity contribution in [2.24, 2.45) is 0 Å². The zero-order chi connectivity index (χ0) is 10.7. The lowest BCUT2D eigenvalue weighted by Gasteiger charge is -2.16. The van der Waals surface area contributed by atoms with Crippen molar-refractivity contribution >= 4 is 5.97 Å². The summed E-state index contributed by atoms with van der Waals surface area (Å²) < 4.78 is 0. The fraction of sp³-hybridized carbons (Fsp3) is 0.364. The molecule has 1 aromatic carbocycles. The van der Waals surface area contributed by atoms with Crippen LogP contribution in [0.3, 0.4) is 0 Å². The maximum absolute atomic E-state index is 11.0. The predicted octanol–water partition coefficient (Wildman–Crippen LogP) is 1.97. The van der Waals surface area contributed by atoms with Crippen LogP contribution in [0.5, 0.6) is 0 Å². The minimum absolute atomic E-state index is 0.0577. The standard InChI is InChI=1S/C11H15NO2/c1-7-5-4-6-9(11(13)14)10(7)8(2)12-3/h4-6,8,12H,1-3H3,(H,13,14)/t8-/m0/s1. The molecule has 1 atom stereocenters. The molecule has 0 saturated carbocycles. The summed E-state index contributed by atoms with van der Waals surface area (Å²) >= 11 is 0. The van der Waals surface area contributed by atoms with Crippen LogP contribution in [0.15, 0.2) is 18.2 Å². The first-order valence-corrected chi connectivity index (χ1v) is 4.58. The summed E-state index contributed by atoms with van der Waals surface area (Å²) in [5.41, 5.74) is 2.25. The molecule has 14 heavy (non-hydrogen) atoms. The number of benzene rings is 1. The molecule has 0 aromatic heterocycles. The van der Waals surface area contributed by atoms with Gasteiger partial charge in [0.25, 0.3) is 0 Å². The zero-order valence-corrected chi connectivity index (χ0v) is 8.66. The second-order valence-electron chi connectivity index (χ2n) is 3.35. The average molecular weight is 193 g/mol. The quantitative estimate of drug-likeness (QED) is 0.771. The molecule has 3 nitrogen and oxygen atoms in total. The highest BCUT2D eigenvalue weighted by Gasteiger charge is 2.15. The first-order chi connectivity index (χ1) is 6.57. The molecule has 0 fully saturated rings. The van der Waals surface area contributed by atoms with E-state index in [1.54, 1.807) is 12.1 Å². The fourth-order valence-electron chi connectivity index (χ4n) is 1.59. The summed E-state index contributed by atoms with van der Waals surface area (Å²) in [5.74, 6) is -0.870. The van der Waals surface area contributed by atoms with E-state index in [-0.39, 0.29) is 6.04 Å². The molecule has 0 radical (unpaired) electrons. The molecule has 0 aliphatic carbocycles. The van der Waals surface area contributed by atoms with E-state index in [0.717, 1.165) is 11.1 Å². The summed E-state index contributed by atoms with van der Waals surface area (Å²) in [4.78, 5) is 11.0. The van der Waals surface area contributed by atoms with Gasteiger partial charge >= 0.3 is 5.97 Å². The molecule has 0 saturated heterocycles. The minimum atomic E-state index is -0.870. The molecule has 0 aliphatic heterocycles. The van der Waals surface area contributed by atoms with E-state index >= 15 is 0 Å². The number of rotatable bonds is 3. The Hall–Kier alpha value is -1.35. The number of nitrogens with one attached hydrogen (secondary N) is 1. The predicted molar refractivity (Wildman–Crippen MR) is 55.6 cm³/mol. The molecule has 0 bridgehead atoms. The molecule has 1 aromatic rings. The molecular formula is C11H15NO2. The summed E-state index contributed by atoms with van der Waals surface area (Å²) in [7, 11) is 1.82. The molecule has 0 amide bonds. The van der Waals surface area contributed by atoms with Gasteiger partial charge in [-0.1, -0.05) is 12.1 Å². The molecule has 0 spiro atoms. The van der Waals surface area contributed by atoms with Crippen LogP contribution in [0.2, 0.25) is 0 Å². The highest BCUT2D eigenvalue weighted by atomic mass is 16.4. The van der Waals surface area contributed by atoms with Gasteiger partial charge in [-0.05, 0) is 38.1 Å². The van der Waals surface area contributed by atoms with E-state index < -0.39 is 5.97 Å². The van der Waals surface area contributed by atoms with Crippen LogP contribution >= 0.6 is 0 Å². The van der Waals surface area contributed by atoms with Gasteiger partial charge in [-0.3, -0.25) is 0 Å². The van der Waals surface area contributed by atoms with Crippen LogP contribution in [0.25, 0.3) is 0 Å². The Morgan fingerprint density at radius 2 is 2.14 bits per heavy atom. The number of carboxylic acid groups (broad SMARTS) is 1. The molecule has 3 heteroatoms. The van der Waals surface area contributed by atoms with Gasteiger partial charge in [0.15, 0.2) is 0 Å². The van der Waals surface area contributed by atoms with Gasteiger partial charge < -0.3 is 10.4 Å². The third kappa shape index (κ3) is 1.93. The Bertz CT molecular complexity index is 347. The van der Waals surface area contributed by atoms with Gasteiger partial charge in [0.1, 0.15) is 0 Å². The van der Waals surface area contributed by atoms with Crippen molar-refractivity contribution in [3.63, 3.8) is 0 Å². The Morgan fingerprint density at radius 3 is 2.64 bits per heavy atom. The number of hydrogen-bond acceptors (Lipinski definition) is 2. The Morgan fingerprint density at radius 1 is 1.50 bits per heavy atom. The monoisotopic (exact) mass is 193 g/mol. The number of carbonyl (C=O) groups is 1. The van der Waals surface area contributed by atoms with Gasteiger partial charge in [-0.15, -0.1) is 0 Å². The molecule has 1 rings (SSSR count).